The van der Waals surface area contributed by atoms with Gasteiger partial charge in [0.25, 0.3) is 5.91 Å². The number of nitrogens with one attached hydrogen (secondary N) is 1. The molecular formula is C17H18N4O2. The Bertz CT molecular complexity index is 870. The normalized spacial score (nSPS) is 10.7. The molecule has 6 nitrogen and oxygen atoms in total. The van der Waals surface area contributed by atoms with Gasteiger partial charge in [-0.1, -0.05) is 6.07 Å². The number of benzene rings is 1. The van der Waals surface area contributed by atoms with E-state index < -0.39 is 0 Å². The third-order valence-electron chi connectivity index (χ3n) is 3.46. The van der Waals surface area contributed by atoms with Crippen molar-refractivity contribution in [1.82, 2.24) is 14.8 Å². The number of fused-ring (bicyclic) bond motifs is 1. The van der Waals surface area contributed by atoms with Crippen LogP contribution >= 0.6 is 0 Å². The van der Waals surface area contributed by atoms with Crippen LogP contribution in [0.2, 0.25) is 0 Å². The lowest BCUT2D eigenvalue weighted by Gasteiger charge is -2.10. The summed E-state index contributed by atoms with van der Waals surface area (Å²) in [6, 6.07) is 11.3. The van der Waals surface area contributed by atoms with E-state index in [1.807, 2.05) is 50.2 Å². The number of aryl methyl sites for hydroxylation is 3. The monoisotopic (exact) mass is 310 g/mol. The molecule has 0 unspecified atom stereocenters. The Balaban J connectivity index is 1.71. The minimum atomic E-state index is -0.231. The molecule has 0 aliphatic rings. The van der Waals surface area contributed by atoms with Crippen molar-refractivity contribution in [1.29, 1.82) is 0 Å². The Morgan fingerprint density at radius 2 is 2.04 bits per heavy atom. The Morgan fingerprint density at radius 3 is 2.78 bits per heavy atom. The number of anilines is 1. The van der Waals surface area contributed by atoms with Gasteiger partial charge in [-0.3, -0.25) is 14.5 Å². The van der Waals surface area contributed by atoms with Gasteiger partial charge in [-0.15, -0.1) is 0 Å². The fourth-order valence-electron chi connectivity index (χ4n) is 2.40. The second-order valence-electron chi connectivity index (χ2n) is 5.41. The first-order valence-electron chi connectivity index (χ1n) is 7.32. The van der Waals surface area contributed by atoms with Crippen LogP contribution in [0.1, 0.15) is 11.4 Å². The molecular weight excluding hydrogens is 292 g/mol. The summed E-state index contributed by atoms with van der Waals surface area (Å²) in [5.41, 5.74) is 2.64. The lowest BCUT2D eigenvalue weighted by atomic mass is 10.2. The molecule has 1 N–H and O–H groups in total. The molecule has 0 saturated carbocycles. The van der Waals surface area contributed by atoms with E-state index in [1.54, 1.807) is 11.7 Å². The zero-order chi connectivity index (χ0) is 16.4. The highest BCUT2D eigenvalue weighted by Crippen LogP contribution is 2.24. The fraction of sp³-hybridized carbons (Fsp3) is 0.235. The number of amides is 1. The van der Waals surface area contributed by atoms with Gasteiger partial charge < -0.3 is 10.1 Å². The summed E-state index contributed by atoms with van der Waals surface area (Å²) in [6.45, 7) is 3.74. The second-order valence-corrected chi connectivity index (χ2v) is 5.41. The lowest BCUT2D eigenvalue weighted by Crippen LogP contribution is -2.21. The van der Waals surface area contributed by atoms with Gasteiger partial charge in [-0.25, -0.2) is 0 Å². The number of aromatic nitrogens is 3. The first-order valence-corrected chi connectivity index (χ1v) is 7.32. The van der Waals surface area contributed by atoms with Gasteiger partial charge in [0.15, 0.2) is 6.61 Å². The van der Waals surface area contributed by atoms with Crippen molar-refractivity contribution in [3.8, 4) is 5.75 Å². The van der Waals surface area contributed by atoms with Crippen molar-refractivity contribution >= 4 is 22.6 Å². The quantitative estimate of drug-likeness (QED) is 0.804. The van der Waals surface area contributed by atoms with E-state index in [2.05, 4.69) is 15.4 Å². The zero-order valence-electron chi connectivity index (χ0n) is 13.3. The minimum Gasteiger partial charge on any atom is -0.483 e. The summed E-state index contributed by atoms with van der Waals surface area (Å²) in [4.78, 5) is 16.5. The number of hydrogen-bond acceptors (Lipinski definition) is 4. The molecule has 0 atom stereocenters. The molecule has 0 bridgehead atoms. The Hall–Kier alpha value is -2.89. The largest absolute Gasteiger partial charge is 0.483 e. The van der Waals surface area contributed by atoms with Crippen LogP contribution in [0.25, 0.3) is 10.9 Å². The predicted octanol–water partition coefficient (Wildman–Crippen LogP) is 2.60. The maximum Gasteiger partial charge on any atom is 0.263 e. The molecule has 2 aromatic heterocycles. The Morgan fingerprint density at radius 1 is 1.22 bits per heavy atom. The van der Waals surface area contributed by atoms with Crippen molar-refractivity contribution in [3.63, 3.8) is 0 Å². The van der Waals surface area contributed by atoms with Crippen molar-refractivity contribution in [2.75, 3.05) is 11.9 Å². The highest BCUT2D eigenvalue weighted by atomic mass is 16.5. The molecule has 3 rings (SSSR count). The number of hydrogen-bond donors (Lipinski definition) is 1. The molecule has 6 heteroatoms. The summed E-state index contributed by atoms with van der Waals surface area (Å²) in [5, 5.41) is 7.85. The Kier molecular flexibility index (Phi) is 3.97. The average Bonchev–Trinajstić information content (AvgIpc) is 2.82. The molecule has 0 aliphatic heterocycles. The molecule has 23 heavy (non-hydrogen) atoms. The molecule has 2 heterocycles. The first kappa shape index (κ1) is 15.0. The number of rotatable bonds is 4. The third-order valence-corrected chi connectivity index (χ3v) is 3.46. The number of nitrogens with zero attached hydrogens (tertiary/aromatic N) is 3. The van der Waals surface area contributed by atoms with Crippen LogP contribution in [0.5, 0.6) is 5.75 Å². The molecule has 0 saturated heterocycles. The Labute approximate surface area is 134 Å². The molecule has 118 valence electrons. The first-order chi connectivity index (χ1) is 11.0. The second kappa shape index (κ2) is 6.08. The molecule has 0 spiro atoms. The van der Waals surface area contributed by atoms with Gasteiger partial charge in [-0.2, -0.15) is 5.10 Å². The highest BCUT2D eigenvalue weighted by molar-refractivity contribution is 5.92. The van der Waals surface area contributed by atoms with Crippen LogP contribution in [0.4, 0.5) is 5.82 Å². The SMILES string of the molecule is Cc1ccc2c(OCC(=O)Nc3cc(C)nn3C)cccc2n1. The van der Waals surface area contributed by atoms with Crippen molar-refractivity contribution in [3.05, 3.63) is 47.8 Å². The zero-order valence-corrected chi connectivity index (χ0v) is 13.3. The third kappa shape index (κ3) is 3.31. The molecule has 1 amide bonds. The molecule has 0 radical (unpaired) electrons. The number of carbonyl (C=O) groups is 1. The van der Waals surface area contributed by atoms with Gasteiger partial charge >= 0.3 is 0 Å². The molecule has 3 aromatic rings. The van der Waals surface area contributed by atoms with Gasteiger partial charge in [0.1, 0.15) is 11.6 Å². The highest BCUT2D eigenvalue weighted by Gasteiger charge is 2.09. The van der Waals surface area contributed by atoms with E-state index in [0.717, 1.165) is 22.3 Å². The summed E-state index contributed by atoms with van der Waals surface area (Å²) < 4.78 is 7.28. The van der Waals surface area contributed by atoms with E-state index in [0.29, 0.717) is 11.6 Å². The average molecular weight is 310 g/mol. The van der Waals surface area contributed by atoms with Gasteiger partial charge in [0.2, 0.25) is 0 Å². The van der Waals surface area contributed by atoms with Gasteiger partial charge in [0, 0.05) is 24.2 Å². The van der Waals surface area contributed by atoms with Crippen LogP contribution in [0.3, 0.4) is 0 Å². The molecule has 0 fully saturated rings. The summed E-state index contributed by atoms with van der Waals surface area (Å²) in [5.74, 6) is 1.06. The van der Waals surface area contributed by atoms with Crippen molar-refractivity contribution in [2.45, 2.75) is 13.8 Å². The van der Waals surface area contributed by atoms with E-state index in [4.69, 9.17) is 4.74 Å². The van der Waals surface area contributed by atoms with Crippen molar-refractivity contribution < 1.29 is 9.53 Å². The predicted molar refractivity (Wildman–Crippen MR) is 88.5 cm³/mol. The summed E-state index contributed by atoms with van der Waals surface area (Å²) in [6.07, 6.45) is 0. The van der Waals surface area contributed by atoms with Crippen LogP contribution in [0.15, 0.2) is 36.4 Å². The molecule has 1 aromatic carbocycles. The maximum atomic E-state index is 12.0. The van der Waals surface area contributed by atoms with E-state index in [9.17, 15) is 4.79 Å². The lowest BCUT2D eigenvalue weighted by molar-refractivity contribution is -0.118. The summed E-state index contributed by atoms with van der Waals surface area (Å²) >= 11 is 0. The maximum absolute atomic E-state index is 12.0. The standard InChI is InChI=1S/C17H18N4O2/c1-11-7-8-13-14(18-11)5-4-6-15(13)23-10-17(22)19-16-9-12(2)20-21(16)3/h4-9H,10H2,1-3H3,(H,19,22). The number of ether oxygens (including phenoxy) is 1. The van der Waals surface area contributed by atoms with Crippen LogP contribution in [0, 0.1) is 13.8 Å². The van der Waals surface area contributed by atoms with Crippen molar-refractivity contribution in [2.24, 2.45) is 7.05 Å². The fourth-order valence-corrected chi connectivity index (χ4v) is 2.40. The van der Waals surface area contributed by atoms with Gasteiger partial charge in [0.05, 0.1) is 11.2 Å². The van der Waals surface area contributed by atoms with E-state index in [1.165, 1.54) is 0 Å². The van der Waals surface area contributed by atoms with E-state index >= 15 is 0 Å². The van der Waals surface area contributed by atoms with Crippen LogP contribution in [-0.2, 0) is 11.8 Å². The minimum absolute atomic E-state index is 0.0722. The number of carbonyl (C=O) groups excluding carboxylic acids is 1. The molecule has 0 aliphatic carbocycles. The number of pyridine rings is 1. The smallest absolute Gasteiger partial charge is 0.263 e. The summed E-state index contributed by atoms with van der Waals surface area (Å²) in [7, 11) is 1.78. The topological polar surface area (TPSA) is 69.0 Å². The van der Waals surface area contributed by atoms with Gasteiger partial charge in [-0.05, 0) is 38.1 Å². The van der Waals surface area contributed by atoms with Crippen LogP contribution in [-0.4, -0.2) is 27.3 Å². The van der Waals surface area contributed by atoms with Crippen LogP contribution < -0.4 is 10.1 Å². The van der Waals surface area contributed by atoms with E-state index in [-0.39, 0.29) is 12.5 Å².